The fraction of sp³-hybridized carbons (Fsp3) is 0.389. The molecule has 0 aliphatic heterocycles. The minimum atomic E-state index is 0.116. The van der Waals surface area contributed by atoms with Gasteiger partial charge in [0.25, 0.3) is 0 Å². The molecule has 0 saturated carbocycles. The van der Waals surface area contributed by atoms with Crippen LogP contribution in [-0.4, -0.2) is 51.4 Å². The molecule has 0 fully saturated rings. The number of carbonyl (C=O) groups excluding carboxylic acids is 1. The van der Waals surface area contributed by atoms with Crippen molar-refractivity contribution in [3.63, 3.8) is 0 Å². The molecule has 0 radical (unpaired) electrons. The number of carbonyl (C=O) groups is 1. The molecule has 0 spiro atoms. The Labute approximate surface area is 151 Å². The molecular weight excluding hydrogens is 336 g/mol. The van der Waals surface area contributed by atoms with E-state index in [1.54, 1.807) is 7.11 Å². The highest BCUT2D eigenvalue weighted by molar-refractivity contribution is 7.99. The van der Waals surface area contributed by atoms with Gasteiger partial charge in [-0.3, -0.25) is 9.20 Å². The van der Waals surface area contributed by atoms with E-state index in [-0.39, 0.29) is 5.91 Å². The molecule has 0 aliphatic rings. The van der Waals surface area contributed by atoms with E-state index < -0.39 is 0 Å². The van der Waals surface area contributed by atoms with Crippen molar-refractivity contribution in [3.05, 3.63) is 29.8 Å². The van der Waals surface area contributed by atoms with E-state index in [0.717, 1.165) is 46.1 Å². The summed E-state index contributed by atoms with van der Waals surface area (Å²) in [5, 5.41) is 10.4. The summed E-state index contributed by atoms with van der Waals surface area (Å²) in [5.41, 5.74) is 2.86. The molecule has 0 bridgehead atoms. The second-order valence-electron chi connectivity index (χ2n) is 5.75. The van der Waals surface area contributed by atoms with Gasteiger partial charge in [0, 0.05) is 18.5 Å². The van der Waals surface area contributed by atoms with E-state index in [2.05, 4.69) is 16.3 Å². The molecule has 132 valence electrons. The zero-order valence-electron chi connectivity index (χ0n) is 14.9. The molecule has 3 rings (SSSR count). The van der Waals surface area contributed by atoms with Gasteiger partial charge in [0.1, 0.15) is 5.75 Å². The summed E-state index contributed by atoms with van der Waals surface area (Å²) in [6.07, 6.45) is 0. The minimum Gasteiger partial charge on any atom is -0.497 e. The van der Waals surface area contributed by atoms with E-state index in [9.17, 15) is 4.79 Å². The Hall–Kier alpha value is -2.28. The smallest absolute Gasteiger partial charge is 0.233 e. The number of ether oxygens (including phenoxy) is 1. The van der Waals surface area contributed by atoms with Gasteiger partial charge in [-0.1, -0.05) is 11.8 Å². The first kappa shape index (κ1) is 17.5. The van der Waals surface area contributed by atoms with Gasteiger partial charge in [0.15, 0.2) is 10.8 Å². The van der Waals surface area contributed by atoms with Crippen molar-refractivity contribution in [2.75, 3.05) is 26.0 Å². The number of hydrogen-bond donors (Lipinski definition) is 0. The summed E-state index contributed by atoms with van der Waals surface area (Å²) in [5.74, 6) is 1.28. The fourth-order valence-corrected chi connectivity index (χ4v) is 3.75. The Morgan fingerprint density at radius 1 is 1.24 bits per heavy atom. The molecule has 1 aromatic carbocycles. The van der Waals surface area contributed by atoms with Crippen molar-refractivity contribution >= 4 is 34.2 Å². The highest BCUT2D eigenvalue weighted by atomic mass is 32.2. The highest BCUT2D eigenvalue weighted by Crippen LogP contribution is 2.28. The van der Waals surface area contributed by atoms with Crippen molar-refractivity contribution in [3.8, 4) is 5.75 Å². The quantitative estimate of drug-likeness (QED) is 0.634. The molecule has 0 atom stereocenters. The zero-order chi connectivity index (χ0) is 18.0. The van der Waals surface area contributed by atoms with Crippen molar-refractivity contribution in [2.45, 2.75) is 25.9 Å². The first-order chi connectivity index (χ1) is 12.1. The monoisotopic (exact) mass is 358 g/mol. The van der Waals surface area contributed by atoms with Gasteiger partial charge in [0.05, 0.1) is 18.4 Å². The predicted molar refractivity (Wildman–Crippen MR) is 100 cm³/mol. The lowest BCUT2D eigenvalue weighted by Gasteiger charge is -2.17. The topological polar surface area (TPSA) is 59.7 Å². The summed E-state index contributed by atoms with van der Waals surface area (Å²) in [4.78, 5) is 14.1. The second-order valence-corrected chi connectivity index (χ2v) is 6.69. The van der Waals surface area contributed by atoms with Crippen LogP contribution in [-0.2, 0) is 4.79 Å². The van der Waals surface area contributed by atoms with Crippen LogP contribution in [0.2, 0.25) is 0 Å². The van der Waals surface area contributed by atoms with Crippen molar-refractivity contribution < 1.29 is 9.53 Å². The average molecular weight is 358 g/mol. The van der Waals surface area contributed by atoms with Gasteiger partial charge in [-0.2, -0.15) is 0 Å². The maximum atomic E-state index is 12.3. The molecule has 0 aliphatic carbocycles. The van der Waals surface area contributed by atoms with Crippen molar-refractivity contribution in [2.24, 2.45) is 0 Å². The molecule has 1 amide bonds. The van der Waals surface area contributed by atoms with Crippen molar-refractivity contribution in [1.29, 1.82) is 0 Å². The van der Waals surface area contributed by atoms with Crippen LogP contribution in [0.25, 0.3) is 16.6 Å². The largest absolute Gasteiger partial charge is 0.497 e. The third kappa shape index (κ3) is 3.28. The van der Waals surface area contributed by atoms with E-state index in [1.807, 2.05) is 48.3 Å². The van der Waals surface area contributed by atoms with Gasteiger partial charge in [0.2, 0.25) is 5.91 Å². The Balaban J connectivity index is 2.00. The Kier molecular flexibility index (Phi) is 5.13. The molecule has 2 aromatic heterocycles. The number of thioether (sulfide) groups is 1. The Bertz CT molecular complexity index is 918. The number of aromatic nitrogens is 3. The van der Waals surface area contributed by atoms with Crippen LogP contribution in [0.15, 0.2) is 29.4 Å². The molecule has 25 heavy (non-hydrogen) atoms. The van der Waals surface area contributed by atoms with Crippen LogP contribution in [0.4, 0.5) is 0 Å². The maximum Gasteiger partial charge on any atom is 0.233 e. The lowest BCUT2D eigenvalue weighted by molar-refractivity contribution is -0.127. The van der Waals surface area contributed by atoms with E-state index in [0.29, 0.717) is 5.75 Å². The van der Waals surface area contributed by atoms with Crippen LogP contribution in [0.3, 0.4) is 0 Å². The van der Waals surface area contributed by atoms with E-state index in [4.69, 9.17) is 4.74 Å². The van der Waals surface area contributed by atoms with E-state index in [1.165, 1.54) is 11.8 Å². The maximum absolute atomic E-state index is 12.3. The second kappa shape index (κ2) is 7.31. The lowest BCUT2D eigenvalue weighted by atomic mass is 10.1. The molecule has 0 N–H and O–H groups in total. The summed E-state index contributed by atoms with van der Waals surface area (Å²) in [6.45, 7) is 7.43. The number of nitrogens with zero attached hydrogens (tertiary/aromatic N) is 4. The summed E-state index contributed by atoms with van der Waals surface area (Å²) in [7, 11) is 1.66. The summed E-state index contributed by atoms with van der Waals surface area (Å²) in [6, 6.07) is 8.00. The molecule has 2 heterocycles. The third-order valence-electron chi connectivity index (χ3n) is 4.27. The summed E-state index contributed by atoms with van der Waals surface area (Å²) < 4.78 is 7.34. The highest BCUT2D eigenvalue weighted by Gasteiger charge is 2.16. The molecule has 3 aromatic rings. The molecule has 0 saturated heterocycles. The van der Waals surface area contributed by atoms with Gasteiger partial charge in [-0.05, 0) is 50.6 Å². The first-order valence-corrected chi connectivity index (χ1v) is 9.30. The molecular formula is C18H22N4O2S. The van der Waals surface area contributed by atoms with Gasteiger partial charge < -0.3 is 9.64 Å². The summed E-state index contributed by atoms with van der Waals surface area (Å²) >= 11 is 1.42. The van der Waals surface area contributed by atoms with E-state index >= 15 is 0 Å². The van der Waals surface area contributed by atoms with Crippen molar-refractivity contribution in [1.82, 2.24) is 19.5 Å². The minimum absolute atomic E-state index is 0.116. The number of pyridine rings is 1. The number of fused-ring (bicyclic) bond motifs is 3. The number of hydrogen-bond acceptors (Lipinski definition) is 5. The third-order valence-corrected chi connectivity index (χ3v) is 5.19. The number of rotatable bonds is 6. The van der Waals surface area contributed by atoms with Gasteiger partial charge >= 0.3 is 0 Å². The first-order valence-electron chi connectivity index (χ1n) is 8.32. The van der Waals surface area contributed by atoms with Crippen LogP contribution in [0.5, 0.6) is 5.75 Å². The molecule has 0 unspecified atom stereocenters. The SMILES string of the molecule is CCN(CC)C(=O)CSc1nnc2c(C)cc3cc(OC)ccc3n12. The number of methoxy groups -OCH3 is 1. The number of amides is 1. The Morgan fingerprint density at radius 3 is 2.68 bits per heavy atom. The van der Waals surface area contributed by atoms with Crippen LogP contribution >= 0.6 is 11.8 Å². The normalized spacial score (nSPS) is 11.2. The lowest BCUT2D eigenvalue weighted by Crippen LogP contribution is -2.31. The predicted octanol–water partition coefficient (Wildman–Crippen LogP) is 3.16. The molecule has 6 nitrogen and oxygen atoms in total. The number of aryl methyl sites for hydroxylation is 1. The Morgan fingerprint density at radius 2 is 2.00 bits per heavy atom. The molecule has 7 heteroatoms. The standard InChI is InChI=1S/C18H22N4O2S/c1-5-21(6-2)16(23)11-25-18-20-19-17-12(3)9-13-10-14(24-4)7-8-15(13)22(17)18/h7-10H,5-6,11H2,1-4H3. The zero-order valence-corrected chi connectivity index (χ0v) is 15.8. The van der Waals surface area contributed by atoms with Crippen LogP contribution in [0.1, 0.15) is 19.4 Å². The number of benzene rings is 1. The van der Waals surface area contributed by atoms with Crippen LogP contribution in [0, 0.1) is 6.92 Å². The fourth-order valence-electron chi connectivity index (χ4n) is 2.91. The van der Waals surface area contributed by atoms with Gasteiger partial charge in [-0.15, -0.1) is 10.2 Å². The van der Waals surface area contributed by atoms with Gasteiger partial charge in [-0.25, -0.2) is 0 Å². The average Bonchev–Trinajstić information content (AvgIpc) is 3.05. The van der Waals surface area contributed by atoms with Crippen LogP contribution < -0.4 is 4.74 Å².